The van der Waals surface area contributed by atoms with Crippen LogP contribution in [0.1, 0.15) is 31.0 Å². The smallest absolute Gasteiger partial charge is 0.434 e. The second-order valence-electron chi connectivity index (χ2n) is 8.20. The number of carbonyl (C=O) groups excluding carboxylic acids is 1. The van der Waals surface area contributed by atoms with E-state index in [9.17, 15) is 22.8 Å². The lowest BCUT2D eigenvalue weighted by atomic mass is 9.95. The first-order valence-corrected chi connectivity index (χ1v) is 13.1. The fraction of sp³-hybridized carbons (Fsp3) is 0.259. The number of benzene rings is 2. The number of hydrogen-bond acceptors (Lipinski definition) is 8. The maximum atomic E-state index is 14.2. The Morgan fingerprint density at radius 2 is 1.88 bits per heavy atom. The Kier molecular flexibility index (Phi) is 8.66. The summed E-state index contributed by atoms with van der Waals surface area (Å²) in [5.74, 6) is -0.594. The predicted octanol–water partition coefficient (Wildman–Crippen LogP) is 4.30. The lowest BCUT2D eigenvalue weighted by molar-refractivity contribution is -0.140. The van der Waals surface area contributed by atoms with Crippen LogP contribution in [0, 0.1) is 11.3 Å². The maximum Gasteiger partial charge on any atom is 0.434 e. The van der Waals surface area contributed by atoms with Crippen molar-refractivity contribution in [3.8, 4) is 17.6 Å². The van der Waals surface area contributed by atoms with Gasteiger partial charge in [-0.25, -0.2) is 9.79 Å². The molecule has 0 amide bonds. The topological polar surface area (TPSA) is 103 Å². The van der Waals surface area contributed by atoms with E-state index < -0.39 is 35.0 Å². The molecule has 2 heterocycles. The minimum Gasteiger partial charge on any atom is -0.490 e. The van der Waals surface area contributed by atoms with Crippen LogP contribution in [0.4, 0.5) is 13.2 Å². The molecule has 3 aromatic rings. The highest BCUT2D eigenvalue weighted by Crippen LogP contribution is 2.38. The highest BCUT2D eigenvalue weighted by atomic mass is 35.5. The van der Waals surface area contributed by atoms with E-state index in [2.05, 4.69) is 4.99 Å². The third-order valence-electron chi connectivity index (χ3n) is 5.64. The van der Waals surface area contributed by atoms with Crippen molar-refractivity contribution >= 4 is 35.0 Å². The molecule has 0 unspecified atom stereocenters. The van der Waals surface area contributed by atoms with Gasteiger partial charge in [0.25, 0.3) is 5.56 Å². The number of fused-ring (bicyclic) bond motifs is 1. The fourth-order valence-corrected chi connectivity index (χ4v) is 5.19. The van der Waals surface area contributed by atoms with E-state index in [0.29, 0.717) is 28.7 Å². The summed E-state index contributed by atoms with van der Waals surface area (Å²) in [5, 5.41) is 9.12. The van der Waals surface area contributed by atoms with Crippen LogP contribution in [0.15, 0.2) is 63.5 Å². The van der Waals surface area contributed by atoms with E-state index in [0.717, 1.165) is 15.9 Å². The minimum absolute atomic E-state index is 0.0671. The van der Waals surface area contributed by atoms with Gasteiger partial charge in [-0.05, 0) is 55.3 Å². The average molecular weight is 592 g/mol. The van der Waals surface area contributed by atoms with Crippen LogP contribution in [-0.4, -0.2) is 36.5 Å². The summed E-state index contributed by atoms with van der Waals surface area (Å²) >= 11 is 6.74. The average Bonchev–Trinajstić information content (AvgIpc) is 3.22. The van der Waals surface area contributed by atoms with Crippen molar-refractivity contribution < 1.29 is 32.2 Å². The Balaban J connectivity index is 1.96. The molecule has 0 bridgehead atoms. The molecular formula is C27H21ClF3N3O5S. The molecule has 0 aliphatic carbocycles. The standard InChI is InChI=1S/C27H21ClF3N3O5S/c1-3-37-19-13-15(5-10-18(19)39-12-11-32)14-20-24(35)34-22(16-6-8-17(28)9-7-16)21(25(36)38-4-2)23(27(29,30)31)33-26(34)40-20/h5-10,13-14,22H,3-4,12H2,1-2H3/b20-14-/t22-/m1/s1. The molecule has 8 nitrogen and oxygen atoms in total. The lowest BCUT2D eigenvalue weighted by Crippen LogP contribution is -2.41. The summed E-state index contributed by atoms with van der Waals surface area (Å²) in [6.07, 6.45) is -3.53. The van der Waals surface area contributed by atoms with Crippen molar-refractivity contribution in [1.82, 2.24) is 4.57 Å². The van der Waals surface area contributed by atoms with Crippen molar-refractivity contribution in [3.63, 3.8) is 0 Å². The van der Waals surface area contributed by atoms with Crippen molar-refractivity contribution in [2.75, 3.05) is 19.8 Å². The van der Waals surface area contributed by atoms with Crippen LogP contribution >= 0.6 is 22.9 Å². The molecule has 4 rings (SSSR count). The summed E-state index contributed by atoms with van der Waals surface area (Å²) < 4.78 is 59.7. The third kappa shape index (κ3) is 5.90. The zero-order chi connectivity index (χ0) is 29.0. The first-order valence-electron chi connectivity index (χ1n) is 11.9. The quantitative estimate of drug-likeness (QED) is 0.362. The molecule has 2 aromatic carbocycles. The van der Waals surface area contributed by atoms with Crippen LogP contribution in [0.5, 0.6) is 11.5 Å². The minimum atomic E-state index is -5.01. The number of esters is 1. The molecule has 0 saturated heterocycles. The predicted molar refractivity (Wildman–Crippen MR) is 141 cm³/mol. The molecule has 0 radical (unpaired) electrons. The Morgan fingerprint density at radius 3 is 2.50 bits per heavy atom. The van der Waals surface area contributed by atoms with Crippen molar-refractivity contribution in [3.05, 3.63) is 89.6 Å². The van der Waals surface area contributed by atoms with Crippen LogP contribution in [0.2, 0.25) is 5.02 Å². The number of carbonyl (C=O) groups is 1. The van der Waals surface area contributed by atoms with Crippen LogP contribution in [-0.2, 0) is 9.53 Å². The Morgan fingerprint density at radius 1 is 1.15 bits per heavy atom. The highest BCUT2D eigenvalue weighted by molar-refractivity contribution is 7.07. The van der Waals surface area contributed by atoms with Crippen molar-refractivity contribution in [2.45, 2.75) is 26.1 Å². The van der Waals surface area contributed by atoms with E-state index >= 15 is 0 Å². The summed E-state index contributed by atoms with van der Waals surface area (Å²) in [7, 11) is 0. The highest BCUT2D eigenvalue weighted by Gasteiger charge is 2.45. The number of halogens is 4. The summed E-state index contributed by atoms with van der Waals surface area (Å²) in [4.78, 5) is 30.1. The molecule has 1 aromatic heterocycles. The number of rotatable bonds is 8. The summed E-state index contributed by atoms with van der Waals surface area (Å²) in [6, 6.07) is 10.9. The van der Waals surface area contributed by atoms with E-state index in [1.165, 1.54) is 37.3 Å². The number of alkyl halides is 3. The Labute approximate surface area is 234 Å². The van der Waals surface area contributed by atoms with Crippen molar-refractivity contribution in [1.29, 1.82) is 5.26 Å². The fourth-order valence-electron chi connectivity index (χ4n) is 4.06. The van der Waals surface area contributed by atoms with E-state index in [1.54, 1.807) is 25.1 Å². The zero-order valence-corrected chi connectivity index (χ0v) is 22.7. The van der Waals surface area contributed by atoms with Gasteiger partial charge < -0.3 is 14.2 Å². The number of aromatic nitrogens is 1. The molecule has 208 valence electrons. The van der Waals surface area contributed by atoms with Crippen LogP contribution in [0.3, 0.4) is 0 Å². The van der Waals surface area contributed by atoms with Gasteiger partial charge in [-0.1, -0.05) is 41.1 Å². The van der Waals surface area contributed by atoms with Gasteiger partial charge in [0.15, 0.2) is 28.6 Å². The van der Waals surface area contributed by atoms with Gasteiger partial charge in [-0.2, -0.15) is 18.4 Å². The number of nitriles is 1. The second kappa shape index (κ2) is 12.0. The number of nitrogens with zero attached hydrogens (tertiary/aromatic N) is 3. The Hall–Kier alpha value is -4.08. The SMILES string of the molecule is CCOC(=O)C1=C(C(F)(F)F)N=c2s/c(=C\c3ccc(OCC#N)c(OCC)c3)c(=O)n2[C@@H]1c1ccc(Cl)cc1. The molecule has 0 spiro atoms. The molecule has 0 saturated carbocycles. The van der Waals surface area contributed by atoms with Gasteiger partial charge >= 0.3 is 12.1 Å². The normalized spacial score (nSPS) is 15.2. The summed E-state index contributed by atoms with van der Waals surface area (Å²) in [6.45, 7) is 3.14. The van der Waals surface area contributed by atoms with Gasteiger partial charge in [-0.15, -0.1) is 0 Å². The Bertz CT molecular complexity index is 1690. The first-order chi connectivity index (χ1) is 19.1. The number of ether oxygens (including phenoxy) is 3. The van der Waals surface area contributed by atoms with E-state index in [4.69, 9.17) is 31.1 Å². The maximum absolute atomic E-state index is 14.2. The van der Waals surface area contributed by atoms with Gasteiger partial charge in [0.05, 0.1) is 29.4 Å². The van der Waals surface area contributed by atoms with E-state index in [-0.39, 0.29) is 28.1 Å². The molecule has 13 heteroatoms. The van der Waals surface area contributed by atoms with Gasteiger partial charge in [0.2, 0.25) is 0 Å². The first kappa shape index (κ1) is 28.9. The lowest BCUT2D eigenvalue weighted by Gasteiger charge is -2.26. The van der Waals surface area contributed by atoms with Crippen LogP contribution in [0.25, 0.3) is 6.08 Å². The zero-order valence-electron chi connectivity index (χ0n) is 21.1. The third-order valence-corrected chi connectivity index (χ3v) is 6.87. The molecule has 0 fully saturated rings. The van der Waals surface area contributed by atoms with Gasteiger partial charge in [0.1, 0.15) is 6.07 Å². The van der Waals surface area contributed by atoms with Gasteiger partial charge in [-0.3, -0.25) is 9.36 Å². The van der Waals surface area contributed by atoms with Crippen LogP contribution < -0.4 is 24.4 Å². The second-order valence-corrected chi connectivity index (χ2v) is 9.65. The molecule has 40 heavy (non-hydrogen) atoms. The summed E-state index contributed by atoms with van der Waals surface area (Å²) in [5.41, 5.74) is -2.18. The number of thiazole rings is 1. The molecule has 1 atom stereocenters. The largest absolute Gasteiger partial charge is 0.490 e. The molecule has 0 N–H and O–H groups in total. The van der Waals surface area contributed by atoms with Crippen molar-refractivity contribution in [2.24, 2.45) is 4.99 Å². The number of allylic oxidation sites excluding steroid dienone is 1. The molecule has 1 aliphatic heterocycles. The van der Waals surface area contributed by atoms with E-state index in [1.807, 2.05) is 6.07 Å². The number of hydrogen-bond donors (Lipinski definition) is 0. The van der Waals surface area contributed by atoms with Gasteiger partial charge in [0, 0.05) is 5.02 Å². The molecule has 1 aliphatic rings. The molecular weight excluding hydrogens is 571 g/mol. The monoisotopic (exact) mass is 591 g/mol.